The minimum Gasteiger partial charge on any atom is -0.381 e. The van der Waals surface area contributed by atoms with Gasteiger partial charge in [0.15, 0.2) is 0 Å². The number of hydrogen-bond donors (Lipinski definition) is 2. The maximum Gasteiger partial charge on any atom is 0.301 e. The zero-order valence-corrected chi connectivity index (χ0v) is 13.6. The summed E-state index contributed by atoms with van der Waals surface area (Å²) in [6.45, 7) is 0.876. The molecule has 120 valence electrons. The van der Waals surface area contributed by atoms with E-state index >= 15 is 0 Å². The fourth-order valence-corrected chi connectivity index (χ4v) is 4.07. The predicted molar refractivity (Wildman–Crippen MR) is 85.3 cm³/mol. The van der Waals surface area contributed by atoms with Gasteiger partial charge in [-0.25, -0.2) is 0 Å². The molecule has 1 fully saturated rings. The maximum atomic E-state index is 12.5. The van der Waals surface area contributed by atoms with Crippen LogP contribution in [0.4, 0.5) is 5.69 Å². The summed E-state index contributed by atoms with van der Waals surface area (Å²) in [5, 5.41) is 7.88. The van der Waals surface area contributed by atoms with E-state index in [-0.39, 0.29) is 6.10 Å². The molecule has 22 heavy (non-hydrogen) atoms. The van der Waals surface area contributed by atoms with E-state index in [1.54, 1.807) is 25.4 Å². The second-order valence-electron chi connectivity index (χ2n) is 5.19. The number of nitrogens with one attached hydrogen (secondary N) is 2. The zero-order chi connectivity index (χ0) is 15.7. The summed E-state index contributed by atoms with van der Waals surface area (Å²) in [6, 6.07) is 3.27. The summed E-state index contributed by atoms with van der Waals surface area (Å²) in [5.74, 6) is 0. The quantitative estimate of drug-likeness (QED) is 0.887. The molecule has 7 nitrogen and oxygen atoms in total. The molecule has 0 aliphatic carbocycles. The largest absolute Gasteiger partial charge is 0.381 e. The van der Waals surface area contributed by atoms with Gasteiger partial charge in [0.05, 0.1) is 28.5 Å². The van der Waals surface area contributed by atoms with Crippen molar-refractivity contribution < 1.29 is 13.2 Å². The highest BCUT2D eigenvalue weighted by Gasteiger charge is 2.28. The van der Waals surface area contributed by atoms with E-state index in [0.717, 1.165) is 0 Å². The van der Waals surface area contributed by atoms with Crippen LogP contribution in [0.2, 0.25) is 5.02 Å². The van der Waals surface area contributed by atoms with Crippen molar-refractivity contribution in [2.75, 3.05) is 24.9 Å². The molecule has 0 amide bonds. The van der Waals surface area contributed by atoms with Crippen molar-refractivity contribution in [3.05, 3.63) is 23.4 Å². The maximum absolute atomic E-state index is 12.5. The fraction of sp³-hybridized carbons (Fsp3) is 0.462. The first-order valence-corrected chi connectivity index (χ1v) is 8.75. The third-order valence-electron chi connectivity index (χ3n) is 3.88. The number of halogens is 1. The molecular formula is C13H17ClN4O3S. The molecule has 2 aromatic rings. The molecule has 2 N–H and O–H groups in total. The van der Waals surface area contributed by atoms with Gasteiger partial charge in [0.2, 0.25) is 0 Å². The Kier molecular flexibility index (Phi) is 4.26. The van der Waals surface area contributed by atoms with Crippen LogP contribution in [0.15, 0.2) is 18.3 Å². The van der Waals surface area contributed by atoms with E-state index in [1.807, 2.05) is 0 Å². The Balaban J connectivity index is 1.82. The zero-order valence-electron chi connectivity index (χ0n) is 12.0. The van der Waals surface area contributed by atoms with Crippen LogP contribution >= 0.6 is 11.6 Å². The number of ether oxygens (including phenoxy) is 1. The second-order valence-corrected chi connectivity index (χ2v) is 7.27. The van der Waals surface area contributed by atoms with Gasteiger partial charge in [-0.3, -0.25) is 9.82 Å². The van der Waals surface area contributed by atoms with Gasteiger partial charge in [0.25, 0.3) is 0 Å². The van der Waals surface area contributed by atoms with Gasteiger partial charge in [-0.05, 0) is 25.0 Å². The highest BCUT2D eigenvalue weighted by molar-refractivity contribution is 7.90. The molecule has 9 heteroatoms. The molecule has 0 spiro atoms. The lowest BCUT2D eigenvalue weighted by atomic mass is 10.1. The van der Waals surface area contributed by atoms with Crippen molar-refractivity contribution >= 4 is 38.4 Å². The number of rotatable bonds is 4. The van der Waals surface area contributed by atoms with Crippen molar-refractivity contribution in [2.24, 2.45) is 0 Å². The molecule has 0 radical (unpaired) electrons. The first-order valence-electron chi connectivity index (χ1n) is 6.93. The van der Waals surface area contributed by atoms with Crippen LogP contribution < -0.4 is 4.72 Å². The van der Waals surface area contributed by atoms with Crippen LogP contribution in [0.3, 0.4) is 0 Å². The Morgan fingerprint density at radius 1 is 1.41 bits per heavy atom. The minimum atomic E-state index is -3.61. The fourth-order valence-electron chi connectivity index (χ4n) is 2.60. The highest BCUT2D eigenvalue weighted by atomic mass is 35.5. The summed E-state index contributed by atoms with van der Waals surface area (Å²) in [6.07, 6.45) is 3.08. The first-order chi connectivity index (χ1) is 10.5. The number of benzene rings is 1. The molecule has 1 aliphatic heterocycles. The molecule has 1 aliphatic rings. The Labute approximate surface area is 133 Å². The number of anilines is 1. The molecular weight excluding hydrogens is 328 g/mol. The number of hydrogen-bond acceptors (Lipinski definition) is 4. The van der Waals surface area contributed by atoms with Crippen LogP contribution in [0.5, 0.6) is 0 Å². The SMILES string of the molecule is COC1CCN(S(=O)(=O)Nc2ccc(Cl)c3cn[nH]c23)CC1. The monoisotopic (exact) mass is 344 g/mol. The topological polar surface area (TPSA) is 87.3 Å². The molecule has 1 aromatic carbocycles. The molecule has 1 aromatic heterocycles. The highest BCUT2D eigenvalue weighted by Crippen LogP contribution is 2.29. The van der Waals surface area contributed by atoms with Crippen LogP contribution in [-0.4, -0.2) is 49.2 Å². The molecule has 0 unspecified atom stereocenters. The number of aromatic nitrogens is 2. The summed E-state index contributed by atoms with van der Waals surface area (Å²) >= 11 is 6.06. The van der Waals surface area contributed by atoms with Gasteiger partial charge in [-0.15, -0.1) is 0 Å². The lowest BCUT2D eigenvalue weighted by Gasteiger charge is -2.30. The average molecular weight is 345 g/mol. The molecule has 0 atom stereocenters. The number of methoxy groups -OCH3 is 1. The van der Waals surface area contributed by atoms with Crippen LogP contribution in [-0.2, 0) is 14.9 Å². The van der Waals surface area contributed by atoms with E-state index in [4.69, 9.17) is 16.3 Å². The molecule has 0 saturated carbocycles. The van der Waals surface area contributed by atoms with Crippen molar-refractivity contribution in [2.45, 2.75) is 18.9 Å². The summed E-state index contributed by atoms with van der Waals surface area (Å²) < 4.78 is 34.3. The second kappa shape index (κ2) is 6.04. The standard InChI is InChI=1S/C13H17ClN4O3S/c1-21-9-4-6-18(7-5-9)22(19,20)17-12-3-2-11(14)10-8-15-16-13(10)12/h2-3,8-9,17H,4-7H2,1H3,(H,15,16). The molecule has 0 bridgehead atoms. The third-order valence-corrected chi connectivity index (χ3v) is 5.73. The van der Waals surface area contributed by atoms with Gasteiger partial charge in [-0.1, -0.05) is 11.6 Å². The van der Waals surface area contributed by atoms with Crippen molar-refractivity contribution in [3.8, 4) is 0 Å². The smallest absolute Gasteiger partial charge is 0.301 e. The third kappa shape index (κ3) is 2.91. The number of piperidine rings is 1. The van der Waals surface area contributed by atoms with Gasteiger partial charge in [0, 0.05) is 25.6 Å². The van der Waals surface area contributed by atoms with Crippen LogP contribution in [0, 0.1) is 0 Å². The van der Waals surface area contributed by atoms with Crippen LogP contribution in [0.1, 0.15) is 12.8 Å². The summed E-state index contributed by atoms with van der Waals surface area (Å²) in [7, 11) is -1.96. The number of fused-ring (bicyclic) bond motifs is 1. The molecule has 2 heterocycles. The first kappa shape index (κ1) is 15.5. The van der Waals surface area contributed by atoms with Gasteiger partial charge in [0.1, 0.15) is 0 Å². The Hall–Kier alpha value is -1.35. The minimum absolute atomic E-state index is 0.126. The number of aromatic amines is 1. The van der Waals surface area contributed by atoms with Gasteiger partial charge < -0.3 is 4.74 Å². The summed E-state index contributed by atoms with van der Waals surface area (Å²) in [4.78, 5) is 0. The Morgan fingerprint density at radius 2 is 2.14 bits per heavy atom. The molecule has 3 rings (SSSR count). The molecule has 1 saturated heterocycles. The average Bonchev–Trinajstić information content (AvgIpc) is 3.01. The Morgan fingerprint density at radius 3 is 2.82 bits per heavy atom. The Bertz CT molecular complexity index is 769. The number of nitrogens with zero attached hydrogens (tertiary/aromatic N) is 2. The van der Waals surface area contributed by atoms with Crippen LogP contribution in [0.25, 0.3) is 10.9 Å². The lowest BCUT2D eigenvalue weighted by molar-refractivity contribution is 0.0606. The van der Waals surface area contributed by atoms with Crippen molar-refractivity contribution in [1.82, 2.24) is 14.5 Å². The van der Waals surface area contributed by atoms with E-state index in [9.17, 15) is 8.42 Å². The van der Waals surface area contributed by atoms with Gasteiger partial charge in [-0.2, -0.15) is 17.8 Å². The van der Waals surface area contributed by atoms with E-state index in [0.29, 0.717) is 47.5 Å². The number of H-pyrrole nitrogens is 1. The van der Waals surface area contributed by atoms with Crippen molar-refractivity contribution in [3.63, 3.8) is 0 Å². The lowest BCUT2D eigenvalue weighted by Crippen LogP contribution is -2.43. The summed E-state index contributed by atoms with van der Waals surface area (Å²) in [5.41, 5.74) is 1.01. The predicted octanol–water partition coefficient (Wildman–Crippen LogP) is 1.98. The van der Waals surface area contributed by atoms with Crippen molar-refractivity contribution in [1.29, 1.82) is 0 Å². The van der Waals surface area contributed by atoms with Gasteiger partial charge >= 0.3 is 10.2 Å². The van der Waals surface area contributed by atoms with E-state index in [1.165, 1.54) is 4.31 Å². The van der Waals surface area contributed by atoms with E-state index < -0.39 is 10.2 Å². The van der Waals surface area contributed by atoms with E-state index in [2.05, 4.69) is 14.9 Å². The normalized spacial score (nSPS) is 17.9.